The molecule has 2 heterocycles. The van der Waals surface area contributed by atoms with Crippen LogP contribution in [0.4, 0.5) is 10.2 Å². The molecule has 0 aliphatic heterocycles. The van der Waals surface area contributed by atoms with Crippen LogP contribution in [-0.4, -0.2) is 26.7 Å². The molecule has 194 valence electrons. The summed E-state index contributed by atoms with van der Waals surface area (Å²) in [6.07, 6.45) is 9.42. The third-order valence-corrected chi connectivity index (χ3v) is 6.37. The first-order valence-electron chi connectivity index (χ1n) is 11.2. The fourth-order valence-corrected chi connectivity index (χ4v) is 3.92. The Balaban J connectivity index is 2.01. The molecule has 0 saturated carbocycles. The number of ether oxygens (including phenoxy) is 1. The van der Waals surface area contributed by atoms with E-state index in [4.69, 9.17) is 9.15 Å². The van der Waals surface area contributed by atoms with Gasteiger partial charge in [0.25, 0.3) is 10.2 Å². The van der Waals surface area contributed by atoms with Crippen LogP contribution in [0.25, 0.3) is 11.0 Å². The Bertz CT molecular complexity index is 1590. The van der Waals surface area contributed by atoms with Gasteiger partial charge in [-0.05, 0) is 55.7 Å². The first-order chi connectivity index (χ1) is 17.6. The maximum absolute atomic E-state index is 15.0. The summed E-state index contributed by atoms with van der Waals surface area (Å²) in [5, 5.41) is 0.650. The molecule has 2 aromatic heterocycles. The molecule has 2 N–H and O–H groups in total. The van der Waals surface area contributed by atoms with Gasteiger partial charge < -0.3 is 9.15 Å². The summed E-state index contributed by atoms with van der Waals surface area (Å²) >= 11 is 0. The number of nitrogens with zero attached hydrogens (tertiary/aromatic N) is 2. The number of rotatable bonds is 10. The van der Waals surface area contributed by atoms with Crippen molar-refractivity contribution in [2.24, 2.45) is 4.99 Å². The number of aromatic nitrogens is 1. The van der Waals surface area contributed by atoms with Crippen molar-refractivity contribution in [2.45, 2.75) is 27.2 Å². The van der Waals surface area contributed by atoms with Gasteiger partial charge in [0.15, 0.2) is 11.6 Å². The van der Waals surface area contributed by atoms with Gasteiger partial charge in [-0.3, -0.25) is 4.72 Å². The number of hydrogen-bond acceptors (Lipinski definition) is 7. The van der Waals surface area contributed by atoms with E-state index in [0.29, 0.717) is 28.2 Å². The average molecular weight is 527 g/mol. The molecule has 0 aliphatic rings. The van der Waals surface area contributed by atoms with Gasteiger partial charge in [-0.2, -0.15) is 8.42 Å². The summed E-state index contributed by atoms with van der Waals surface area (Å²) in [6, 6.07) is 4.78. The van der Waals surface area contributed by atoms with E-state index in [2.05, 4.69) is 16.6 Å². The number of allylic oxidation sites excluding steroid dienone is 4. The van der Waals surface area contributed by atoms with Crippen LogP contribution >= 0.6 is 0 Å². The van der Waals surface area contributed by atoms with Gasteiger partial charge in [0, 0.05) is 49.0 Å². The van der Waals surface area contributed by atoms with Crippen molar-refractivity contribution in [3.63, 3.8) is 0 Å². The van der Waals surface area contributed by atoms with Crippen molar-refractivity contribution in [1.29, 1.82) is 0 Å². The SMILES string of the molecule is C=C/C=C(/N=C\C=C/C)Oc1cc2oc(=O)c(Cc3ccnc(NS(=O)(=O)NC)c3F)c(C)c2cc1C. The van der Waals surface area contributed by atoms with Crippen LogP contribution in [0.1, 0.15) is 29.2 Å². The molecule has 9 nitrogen and oxygen atoms in total. The van der Waals surface area contributed by atoms with Crippen LogP contribution in [0.2, 0.25) is 0 Å². The third kappa shape index (κ3) is 6.57. The minimum atomic E-state index is -3.97. The number of aliphatic imine (C=N–C) groups is 1. The second-order valence-corrected chi connectivity index (χ2v) is 9.49. The third-order valence-electron chi connectivity index (χ3n) is 5.37. The lowest BCUT2D eigenvalue weighted by molar-refractivity contribution is 0.418. The summed E-state index contributed by atoms with van der Waals surface area (Å²) < 4.78 is 54.0. The average Bonchev–Trinajstić information content (AvgIpc) is 2.85. The first-order valence-corrected chi connectivity index (χ1v) is 12.7. The molecular weight excluding hydrogens is 499 g/mol. The quantitative estimate of drug-likeness (QED) is 0.174. The smallest absolute Gasteiger partial charge is 0.340 e. The van der Waals surface area contributed by atoms with Gasteiger partial charge in [0.1, 0.15) is 11.3 Å². The van der Waals surface area contributed by atoms with E-state index >= 15 is 4.39 Å². The molecule has 0 saturated heterocycles. The number of hydrogen-bond donors (Lipinski definition) is 2. The normalized spacial score (nSPS) is 12.5. The molecule has 0 bridgehead atoms. The van der Waals surface area contributed by atoms with Crippen molar-refractivity contribution in [3.05, 3.63) is 99.7 Å². The zero-order chi connectivity index (χ0) is 27.2. The lowest BCUT2D eigenvalue weighted by Gasteiger charge is -2.13. The Kier molecular flexibility index (Phi) is 8.74. The van der Waals surface area contributed by atoms with Gasteiger partial charge in [0.05, 0.1) is 0 Å². The number of anilines is 1. The van der Waals surface area contributed by atoms with E-state index in [0.717, 1.165) is 5.56 Å². The second kappa shape index (κ2) is 11.8. The van der Waals surface area contributed by atoms with E-state index in [-0.39, 0.29) is 17.5 Å². The summed E-state index contributed by atoms with van der Waals surface area (Å²) in [6.45, 7) is 9.11. The van der Waals surface area contributed by atoms with Gasteiger partial charge in [-0.25, -0.2) is 23.9 Å². The highest BCUT2D eigenvalue weighted by molar-refractivity contribution is 7.90. The predicted octanol–water partition coefficient (Wildman–Crippen LogP) is 4.46. The Morgan fingerprint density at radius 1 is 1.32 bits per heavy atom. The minimum absolute atomic E-state index is 0.0772. The zero-order valence-electron chi connectivity index (χ0n) is 20.8. The molecule has 0 atom stereocenters. The van der Waals surface area contributed by atoms with Crippen LogP contribution in [0, 0.1) is 19.7 Å². The van der Waals surface area contributed by atoms with E-state index in [1.165, 1.54) is 19.3 Å². The maximum atomic E-state index is 15.0. The van der Waals surface area contributed by atoms with E-state index < -0.39 is 27.5 Å². The van der Waals surface area contributed by atoms with E-state index in [9.17, 15) is 13.2 Å². The molecule has 0 radical (unpaired) electrons. The van der Waals surface area contributed by atoms with Gasteiger partial charge in [-0.1, -0.05) is 18.7 Å². The highest BCUT2D eigenvalue weighted by Gasteiger charge is 2.19. The number of aryl methyl sites for hydroxylation is 2. The molecule has 37 heavy (non-hydrogen) atoms. The monoisotopic (exact) mass is 526 g/mol. The molecule has 0 amide bonds. The molecule has 3 aromatic rings. The standard InChI is InChI=1S/C26H27FN4O5S/c1-6-8-11-29-23(9-7-2)35-21-15-22-19(13-16(21)3)17(4)20(26(32)36-22)14-18-10-12-30-25(24(18)27)31-37(33,34)28-5/h6-13,15,28H,2,14H2,1,3-5H3,(H,30,31)/b8-6-,23-9-,29-11-. The first kappa shape index (κ1) is 27.5. The van der Waals surface area contributed by atoms with Crippen LogP contribution in [-0.2, 0) is 16.6 Å². The fraction of sp³-hybridized carbons (Fsp3) is 0.192. The van der Waals surface area contributed by atoms with Crippen LogP contribution in [0.3, 0.4) is 0 Å². The number of halogens is 1. The maximum Gasteiger partial charge on any atom is 0.340 e. The van der Waals surface area contributed by atoms with Gasteiger partial charge >= 0.3 is 5.63 Å². The summed E-state index contributed by atoms with van der Waals surface area (Å²) in [7, 11) is -2.79. The molecule has 0 aliphatic carbocycles. The van der Waals surface area contributed by atoms with Crippen molar-refractivity contribution < 1.29 is 22.0 Å². The molecule has 0 spiro atoms. The minimum Gasteiger partial charge on any atom is -0.439 e. The number of pyridine rings is 1. The lowest BCUT2D eigenvalue weighted by atomic mass is 9.98. The molecular formula is C26H27FN4O5S. The van der Waals surface area contributed by atoms with Crippen LogP contribution < -0.4 is 19.8 Å². The van der Waals surface area contributed by atoms with Crippen molar-refractivity contribution in [1.82, 2.24) is 9.71 Å². The number of fused-ring (bicyclic) bond motifs is 1. The second-order valence-electron chi connectivity index (χ2n) is 7.87. The molecule has 0 fully saturated rings. The van der Waals surface area contributed by atoms with Gasteiger partial charge in [-0.15, -0.1) is 0 Å². The number of nitrogens with one attached hydrogen (secondary N) is 2. The highest BCUT2D eigenvalue weighted by Crippen LogP contribution is 2.30. The van der Waals surface area contributed by atoms with Crippen molar-refractivity contribution in [3.8, 4) is 5.75 Å². The molecule has 3 rings (SSSR count). The number of benzene rings is 1. The summed E-state index contributed by atoms with van der Waals surface area (Å²) in [5.74, 6) is -0.632. The molecule has 0 unspecified atom stereocenters. The Morgan fingerprint density at radius 2 is 2.08 bits per heavy atom. The van der Waals surface area contributed by atoms with Crippen molar-refractivity contribution >= 4 is 33.2 Å². The predicted molar refractivity (Wildman–Crippen MR) is 143 cm³/mol. The lowest BCUT2D eigenvalue weighted by Crippen LogP contribution is -2.27. The molecule has 1 aromatic carbocycles. The van der Waals surface area contributed by atoms with E-state index in [1.807, 2.05) is 35.4 Å². The van der Waals surface area contributed by atoms with Crippen LogP contribution in [0.15, 0.2) is 75.4 Å². The Labute approximate surface area is 214 Å². The zero-order valence-corrected chi connectivity index (χ0v) is 21.6. The topological polar surface area (TPSA) is 123 Å². The molecule has 11 heteroatoms. The van der Waals surface area contributed by atoms with Crippen molar-refractivity contribution in [2.75, 3.05) is 11.8 Å². The Hall–Kier alpha value is -4.09. The Morgan fingerprint density at radius 3 is 2.76 bits per heavy atom. The summed E-state index contributed by atoms with van der Waals surface area (Å²) in [5.41, 5.74) is 1.30. The van der Waals surface area contributed by atoms with E-state index in [1.54, 1.807) is 37.4 Å². The van der Waals surface area contributed by atoms with Gasteiger partial charge in [0.2, 0.25) is 5.88 Å². The highest BCUT2D eigenvalue weighted by atomic mass is 32.2. The largest absolute Gasteiger partial charge is 0.439 e. The summed E-state index contributed by atoms with van der Waals surface area (Å²) in [4.78, 5) is 20.9. The van der Waals surface area contributed by atoms with Crippen LogP contribution in [0.5, 0.6) is 5.75 Å². The fourth-order valence-electron chi connectivity index (χ4n) is 3.42.